The van der Waals surface area contributed by atoms with Crippen LogP contribution in [0.3, 0.4) is 0 Å². The summed E-state index contributed by atoms with van der Waals surface area (Å²) in [5, 5.41) is 0. The highest BCUT2D eigenvalue weighted by Gasteiger charge is 2.33. The van der Waals surface area contributed by atoms with Crippen LogP contribution in [0.1, 0.15) is 36.6 Å². The zero-order valence-corrected chi connectivity index (χ0v) is 23.2. The number of allylic oxidation sites excluding steroid dienone is 1. The molecule has 3 aromatic rings. The molecular formula is C28H25BrN2O5S. The number of carbonyl (C=O) groups is 1. The number of hydrogen-bond donors (Lipinski definition) is 0. The van der Waals surface area contributed by atoms with E-state index in [1.807, 2.05) is 37.3 Å². The number of esters is 1. The number of aromatic nitrogens is 1. The topological polar surface area (TPSA) is 79.1 Å². The number of rotatable bonds is 7. The zero-order chi connectivity index (χ0) is 26.7. The summed E-state index contributed by atoms with van der Waals surface area (Å²) in [5.41, 5.74) is 3.21. The van der Waals surface area contributed by atoms with E-state index in [2.05, 4.69) is 26.8 Å². The lowest BCUT2D eigenvalue weighted by atomic mass is 9.95. The number of fused-ring (bicyclic) bond motifs is 1. The van der Waals surface area contributed by atoms with Gasteiger partial charge in [0.25, 0.3) is 5.56 Å². The van der Waals surface area contributed by atoms with Crippen LogP contribution in [0.25, 0.3) is 6.08 Å². The molecule has 0 saturated heterocycles. The molecule has 1 aliphatic rings. The normalized spacial score (nSPS) is 15.0. The van der Waals surface area contributed by atoms with Crippen molar-refractivity contribution in [1.82, 2.24) is 4.57 Å². The predicted octanol–water partition coefficient (Wildman–Crippen LogP) is 3.89. The molecule has 0 fully saturated rings. The van der Waals surface area contributed by atoms with Crippen molar-refractivity contribution in [3.8, 4) is 23.8 Å². The Bertz CT molecular complexity index is 1610. The fraction of sp³-hybridized carbons (Fsp3) is 0.250. The van der Waals surface area contributed by atoms with Gasteiger partial charge < -0.3 is 14.2 Å². The number of carbonyl (C=O) groups excluding carboxylic acids is 1. The molecule has 0 spiro atoms. The van der Waals surface area contributed by atoms with Crippen LogP contribution in [0.2, 0.25) is 0 Å². The SMILES string of the molecule is C#CCOc1c(Br)cc(/C=c2/sc3n(c2=O)[C@@H](c2ccc(C)cc2)C(C(=O)OCC)=C(C)N=3)cc1OC. The first-order chi connectivity index (χ1) is 17.8. The Morgan fingerprint density at radius 2 is 2.00 bits per heavy atom. The number of nitrogens with zero attached hydrogens (tertiary/aromatic N) is 2. The molecule has 2 heterocycles. The van der Waals surface area contributed by atoms with Gasteiger partial charge in [0.05, 0.1) is 40.0 Å². The van der Waals surface area contributed by atoms with Crippen molar-refractivity contribution in [3.63, 3.8) is 0 Å². The van der Waals surface area contributed by atoms with Crippen LogP contribution in [0.5, 0.6) is 11.5 Å². The lowest BCUT2D eigenvalue weighted by Crippen LogP contribution is -2.39. The van der Waals surface area contributed by atoms with Gasteiger partial charge in [0.15, 0.2) is 16.3 Å². The molecule has 1 aromatic heterocycles. The number of thiazole rings is 1. The van der Waals surface area contributed by atoms with Gasteiger partial charge in [-0.2, -0.15) is 0 Å². The maximum Gasteiger partial charge on any atom is 0.338 e. The first kappa shape index (κ1) is 26.5. The van der Waals surface area contributed by atoms with Crippen LogP contribution < -0.4 is 24.4 Å². The molecular weight excluding hydrogens is 556 g/mol. The largest absolute Gasteiger partial charge is 0.493 e. The standard InChI is InChI=1S/C28H25BrN2O5S/c1-6-12-36-25-20(29)13-18(14-21(25)34-5)15-22-26(32)31-24(19-10-8-16(3)9-11-19)23(27(33)35-7-2)17(4)30-28(31)37-22/h1,8-11,13-15,24H,7,12H2,2-5H3/b22-15+/t24-/m0/s1. The number of terminal acetylenes is 1. The maximum absolute atomic E-state index is 13.8. The highest BCUT2D eigenvalue weighted by molar-refractivity contribution is 9.10. The van der Waals surface area contributed by atoms with Gasteiger partial charge in [-0.1, -0.05) is 47.1 Å². The third-order valence-corrected chi connectivity index (χ3v) is 7.33. The fourth-order valence-corrected chi connectivity index (χ4v) is 5.70. The number of aryl methyl sites for hydroxylation is 1. The van der Waals surface area contributed by atoms with Crippen molar-refractivity contribution in [2.24, 2.45) is 4.99 Å². The molecule has 190 valence electrons. The fourth-order valence-electron chi connectivity index (χ4n) is 4.08. The zero-order valence-electron chi connectivity index (χ0n) is 20.8. The van der Waals surface area contributed by atoms with Crippen LogP contribution >= 0.6 is 27.3 Å². The lowest BCUT2D eigenvalue weighted by Gasteiger charge is -2.24. The van der Waals surface area contributed by atoms with E-state index in [9.17, 15) is 9.59 Å². The van der Waals surface area contributed by atoms with Crippen LogP contribution in [0.15, 0.2) is 61.9 Å². The molecule has 2 aromatic carbocycles. The Kier molecular flexibility index (Phi) is 8.00. The highest BCUT2D eigenvalue weighted by Crippen LogP contribution is 2.37. The van der Waals surface area contributed by atoms with E-state index in [0.29, 0.717) is 36.6 Å². The van der Waals surface area contributed by atoms with E-state index in [-0.39, 0.29) is 18.8 Å². The van der Waals surface area contributed by atoms with Gasteiger partial charge in [0, 0.05) is 0 Å². The summed E-state index contributed by atoms with van der Waals surface area (Å²) >= 11 is 4.75. The van der Waals surface area contributed by atoms with E-state index in [1.54, 1.807) is 30.6 Å². The molecule has 4 rings (SSSR count). The Morgan fingerprint density at radius 3 is 2.65 bits per heavy atom. The molecule has 1 aliphatic heterocycles. The van der Waals surface area contributed by atoms with Gasteiger partial charge in [-0.15, -0.1) is 6.42 Å². The Morgan fingerprint density at radius 1 is 1.27 bits per heavy atom. The van der Waals surface area contributed by atoms with Crippen LogP contribution in [-0.4, -0.2) is 30.9 Å². The predicted molar refractivity (Wildman–Crippen MR) is 147 cm³/mol. The second-order valence-electron chi connectivity index (χ2n) is 8.24. The summed E-state index contributed by atoms with van der Waals surface area (Å²) < 4.78 is 19.1. The number of methoxy groups -OCH3 is 1. The minimum absolute atomic E-state index is 0.0913. The molecule has 0 saturated carbocycles. The summed E-state index contributed by atoms with van der Waals surface area (Å²) in [6, 6.07) is 10.7. The van der Waals surface area contributed by atoms with Crippen molar-refractivity contribution < 1.29 is 19.0 Å². The number of ether oxygens (including phenoxy) is 3. The van der Waals surface area contributed by atoms with Gasteiger partial charge >= 0.3 is 5.97 Å². The Balaban J connectivity index is 1.90. The van der Waals surface area contributed by atoms with E-state index in [0.717, 1.165) is 16.7 Å². The minimum atomic E-state index is -0.654. The van der Waals surface area contributed by atoms with Gasteiger partial charge in [0.1, 0.15) is 6.61 Å². The van der Waals surface area contributed by atoms with Gasteiger partial charge in [0.2, 0.25) is 0 Å². The number of hydrogen-bond acceptors (Lipinski definition) is 7. The van der Waals surface area contributed by atoms with Gasteiger partial charge in [-0.05, 0) is 66.0 Å². The first-order valence-corrected chi connectivity index (χ1v) is 13.1. The molecule has 0 amide bonds. The monoisotopic (exact) mass is 580 g/mol. The molecule has 1 atom stereocenters. The van der Waals surface area contributed by atoms with Crippen LogP contribution in [-0.2, 0) is 9.53 Å². The summed E-state index contributed by atoms with van der Waals surface area (Å²) in [7, 11) is 1.53. The summed E-state index contributed by atoms with van der Waals surface area (Å²) in [6.45, 7) is 5.81. The average molecular weight is 581 g/mol. The van der Waals surface area contributed by atoms with Crippen molar-refractivity contribution in [1.29, 1.82) is 0 Å². The van der Waals surface area contributed by atoms with E-state index >= 15 is 0 Å². The maximum atomic E-state index is 13.8. The molecule has 0 N–H and O–H groups in total. The van der Waals surface area contributed by atoms with Gasteiger partial charge in [-0.25, -0.2) is 9.79 Å². The van der Waals surface area contributed by atoms with Gasteiger partial charge in [-0.3, -0.25) is 9.36 Å². The highest BCUT2D eigenvalue weighted by atomic mass is 79.9. The lowest BCUT2D eigenvalue weighted by molar-refractivity contribution is -0.139. The molecule has 0 bridgehead atoms. The smallest absolute Gasteiger partial charge is 0.338 e. The van der Waals surface area contributed by atoms with E-state index in [4.69, 9.17) is 20.6 Å². The van der Waals surface area contributed by atoms with Crippen molar-refractivity contribution in [3.05, 3.63) is 88.5 Å². The molecule has 7 nitrogen and oxygen atoms in total. The average Bonchev–Trinajstić information content (AvgIpc) is 3.17. The summed E-state index contributed by atoms with van der Waals surface area (Å²) in [4.78, 5) is 31.9. The van der Waals surface area contributed by atoms with Crippen molar-refractivity contribution in [2.45, 2.75) is 26.8 Å². The van der Waals surface area contributed by atoms with Crippen molar-refractivity contribution in [2.75, 3.05) is 20.3 Å². The second-order valence-corrected chi connectivity index (χ2v) is 10.1. The second kappa shape index (κ2) is 11.2. The number of halogens is 1. The first-order valence-electron chi connectivity index (χ1n) is 11.5. The third kappa shape index (κ3) is 5.26. The molecule has 0 aliphatic carbocycles. The third-order valence-electron chi connectivity index (χ3n) is 5.76. The molecule has 0 unspecified atom stereocenters. The minimum Gasteiger partial charge on any atom is -0.493 e. The van der Waals surface area contributed by atoms with Crippen molar-refractivity contribution >= 4 is 39.3 Å². The van der Waals surface area contributed by atoms with Crippen LogP contribution in [0.4, 0.5) is 0 Å². The molecule has 37 heavy (non-hydrogen) atoms. The number of benzene rings is 2. The molecule has 9 heteroatoms. The summed E-state index contributed by atoms with van der Waals surface area (Å²) in [6.07, 6.45) is 7.08. The Labute approximate surface area is 226 Å². The quantitative estimate of drug-likeness (QED) is 0.313. The van der Waals surface area contributed by atoms with E-state index in [1.165, 1.54) is 18.4 Å². The molecule has 0 radical (unpaired) electrons. The summed E-state index contributed by atoms with van der Waals surface area (Å²) in [5.74, 6) is 2.90. The van der Waals surface area contributed by atoms with Crippen LogP contribution in [0, 0.1) is 19.3 Å². The Hall–Kier alpha value is -3.61. The van der Waals surface area contributed by atoms with E-state index < -0.39 is 12.0 Å².